The molecule has 8 heteroatoms. The minimum absolute atomic E-state index is 0.233. The fourth-order valence-electron chi connectivity index (χ4n) is 1.91. The number of rotatable bonds is 4. The van der Waals surface area contributed by atoms with Gasteiger partial charge in [0.25, 0.3) is 5.89 Å². The van der Waals surface area contributed by atoms with Crippen molar-refractivity contribution in [2.75, 3.05) is 6.54 Å². The summed E-state index contributed by atoms with van der Waals surface area (Å²) in [4.78, 5) is 4.23. The zero-order valence-electron chi connectivity index (χ0n) is 11.3. The first kappa shape index (κ1) is 13.4. The van der Waals surface area contributed by atoms with Crippen molar-refractivity contribution in [3.05, 3.63) is 35.8 Å². The van der Waals surface area contributed by atoms with Crippen LogP contribution in [0.25, 0.3) is 23.0 Å². The standard InChI is InChI=1S/C13H13FN6O/c1-8-2-3-9(14)6-10(8)12-16-13(21-18-12)11-7-20(5-4-15)19-17-11/h2-3,6-7H,4-5,15H2,1H3. The van der Waals surface area contributed by atoms with Crippen molar-refractivity contribution in [1.29, 1.82) is 0 Å². The van der Waals surface area contributed by atoms with Gasteiger partial charge in [-0.25, -0.2) is 4.39 Å². The second kappa shape index (κ2) is 5.41. The molecule has 0 fully saturated rings. The summed E-state index contributed by atoms with van der Waals surface area (Å²) in [6, 6.07) is 4.42. The topological polar surface area (TPSA) is 95.7 Å². The van der Waals surface area contributed by atoms with Crippen LogP contribution in [0.3, 0.4) is 0 Å². The second-order valence-corrected chi connectivity index (χ2v) is 4.54. The highest BCUT2D eigenvalue weighted by atomic mass is 19.1. The van der Waals surface area contributed by atoms with Crippen molar-refractivity contribution in [3.63, 3.8) is 0 Å². The van der Waals surface area contributed by atoms with Crippen molar-refractivity contribution in [2.24, 2.45) is 5.73 Å². The van der Waals surface area contributed by atoms with Crippen LogP contribution in [0.5, 0.6) is 0 Å². The van der Waals surface area contributed by atoms with Gasteiger partial charge in [-0.1, -0.05) is 16.4 Å². The van der Waals surface area contributed by atoms with Crippen LogP contribution >= 0.6 is 0 Å². The molecule has 108 valence electrons. The van der Waals surface area contributed by atoms with Crippen LogP contribution in [0.2, 0.25) is 0 Å². The Kier molecular flexibility index (Phi) is 3.44. The van der Waals surface area contributed by atoms with Crippen molar-refractivity contribution >= 4 is 0 Å². The van der Waals surface area contributed by atoms with E-state index in [2.05, 4.69) is 20.5 Å². The van der Waals surface area contributed by atoms with E-state index in [1.807, 2.05) is 6.92 Å². The lowest BCUT2D eigenvalue weighted by atomic mass is 10.1. The van der Waals surface area contributed by atoms with E-state index in [0.29, 0.717) is 30.2 Å². The normalized spacial score (nSPS) is 11.0. The second-order valence-electron chi connectivity index (χ2n) is 4.54. The molecule has 21 heavy (non-hydrogen) atoms. The summed E-state index contributed by atoms with van der Waals surface area (Å²) in [5, 5.41) is 11.7. The number of aryl methyl sites for hydroxylation is 1. The predicted molar refractivity (Wildman–Crippen MR) is 72.5 cm³/mol. The zero-order chi connectivity index (χ0) is 14.8. The number of benzene rings is 1. The van der Waals surface area contributed by atoms with Crippen molar-refractivity contribution in [1.82, 2.24) is 25.1 Å². The summed E-state index contributed by atoms with van der Waals surface area (Å²) in [6.45, 7) is 2.86. The van der Waals surface area contributed by atoms with Crippen LogP contribution in [-0.2, 0) is 6.54 Å². The van der Waals surface area contributed by atoms with Crippen molar-refractivity contribution in [3.8, 4) is 23.0 Å². The molecule has 0 atom stereocenters. The first-order chi connectivity index (χ1) is 10.2. The molecule has 0 aliphatic carbocycles. The highest BCUT2D eigenvalue weighted by Crippen LogP contribution is 2.24. The Bertz CT molecular complexity index is 766. The average Bonchev–Trinajstić information content (AvgIpc) is 3.10. The Hall–Kier alpha value is -2.61. The van der Waals surface area contributed by atoms with Crippen LogP contribution in [0.15, 0.2) is 28.9 Å². The third-order valence-electron chi connectivity index (χ3n) is 2.98. The molecule has 7 nitrogen and oxygen atoms in total. The largest absolute Gasteiger partial charge is 0.332 e. The third kappa shape index (κ3) is 2.65. The summed E-state index contributed by atoms with van der Waals surface area (Å²) in [5.74, 6) is 0.197. The molecular weight excluding hydrogens is 275 g/mol. The summed E-state index contributed by atoms with van der Waals surface area (Å²) in [5.41, 5.74) is 7.34. The van der Waals surface area contributed by atoms with Gasteiger partial charge in [-0.15, -0.1) is 5.10 Å². The molecule has 1 aromatic carbocycles. The van der Waals surface area contributed by atoms with Gasteiger partial charge in [0.15, 0.2) is 5.69 Å². The molecule has 0 aliphatic rings. The molecule has 0 amide bonds. The van der Waals surface area contributed by atoms with Gasteiger partial charge >= 0.3 is 0 Å². The van der Waals surface area contributed by atoms with Crippen LogP contribution in [0, 0.1) is 12.7 Å². The van der Waals surface area contributed by atoms with Crippen molar-refractivity contribution < 1.29 is 8.91 Å². The first-order valence-corrected chi connectivity index (χ1v) is 6.38. The van der Waals surface area contributed by atoms with Gasteiger partial charge in [-0.3, -0.25) is 4.68 Å². The maximum atomic E-state index is 13.3. The maximum Gasteiger partial charge on any atom is 0.280 e. The lowest BCUT2D eigenvalue weighted by molar-refractivity contribution is 0.431. The molecule has 0 saturated carbocycles. The Labute approximate surface area is 119 Å². The molecule has 0 spiro atoms. The van der Waals surface area contributed by atoms with E-state index in [0.717, 1.165) is 5.56 Å². The highest BCUT2D eigenvalue weighted by molar-refractivity contribution is 5.61. The van der Waals surface area contributed by atoms with Gasteiger partial charge in [0.2, 0.25) is 5.82 Å². The fraction of sp³-hybridized carbons (Fsp3) is 0.231. The van der Waals surface area contributed by atoms with Crippen LogP contribution in [-0.4, -0.2) is 31.7 Å². The van der Waals surface area contributed by atoms with Crippen molar-refractivity contribution in [2.45, 2.75) is 13.5 Å². The maximum absolute atomic E-state index is 13.3. The van der Waals surface area contributed by atoms with Gasteiger partial charge in [0.1, 0.15) is 5.82 Å². The number of hydrogen-bond donors (Lipinski definition) is 1. The highest BCUT2D eigenvalue weighted by Gasteiger charge is 2.15. The minimum Gasteiger partial charge on any atom is -0.332 e. The minimum atomic E-state index is -0.351. The number of nitrogens with two attached hydrogens (primary N) is 1. The fourth-order valence-corrected chi connectivity index (χ4v) is 1.91. The number of aromatic nitrogens is 5. The van der Waals surface area contributed by atoms with E-state index in [9.17, 15) is 4.39 Å². The molecule has 0 aliphatic heterocycles. The SMILES string of the molecule is Cc1ccc(F)cc1-c1noc(-c2cn(CCN)nn2)n1. The Morgan fingerprint density at radius 3 is 3.05 bits per heavy atom. The molecular formula is C13H13FN6O. The predicted octanol–water partition coefficient (Wildman–Crippen LogP) is 1.40. The van der Waals surface area contributed by atoms with Crippen LogP contribution in [0.4, 0.5) is 4.39 Å². The number of halogens is 1. The van der Waals surface area contributed by atoms with E-state index in [1.165, 1.54) is 12.1 Å². The van der Waals surface area contributed by atoms with E-state index in [1.54, 1.807) is 16.9 Å². The molecule has 0 unspecified atom stereocenters. The lowest BCUT2D eigenvalue weighted by Crippen LogP contribution is -2.10. The quantitative estimate of drug-likeness (QED) is 0.779. The Morgan fingerprint density at radius 2 is 2.24 bits per heavy atom. The van der Waals surface area contributed by atoms with E-state index < -0.39 is 0 Å². The Balaban J connectivity index is 1.93. The van der Waals surface area contributed by atoms with Gasteiger partial charge in [0.05, 0.1) is 12.7 Å². The molecule has 2 heterocycles. The van der Waals surface area contributed by atoms with E-state index >= 15 is 0 Å². The summed E-state index contributed by atoms with van der Waals surface area (Å²) < 4.78 is 20.1. The molecule has 0 bridgehead atoms. The number of nitrogens with zero attached hydrogens (tertiary/aromatic N) is 5. The summed E-state index contributed by atoms with van der Waals surface area (Å²) in [6.07, 6.45) is 1.67. The first-order valence-electron chi connectivity index (χ1n) is 6.38. The Morgan fingerprint density at radius 1 is 1.38 bits per heavy atom. The molecule has 3 aromatic rings. The van der Waals surface area contributed by atoms with Gasteiger partial charge in [-0.2, -0.15) is 4.98 Å². The van der Waals surface area contributed by atoms with Crippen LogP contribution < -0.4 is 5.73 Å². The van der Waals surface area contributed by atoms with E-state index in [4.69, 9.17) is 10.3 Å². The molecule has 3 rings (SSSR count). The lowest BCUT2D eigenvalue weighted by Gasteiger charge is -1.99. The van der Waals surface area contributed by atoms with Gasteiger partial charge in [-0.05, 0) is 24.6 Å². The molecule has 0 radical (unpaired) electrons. The van der Waals surface area contributed by atoms with Gasteiger partial charge < -0.3 is 10.3 Å². The smallest absolute Gasteiger partial charge is 0.280 e. The monoisotopic (exact) mass is 288 g/mol. The molecule has 2 aromatic heterocycles. The summed E-state index contributed by atoms with van der Waals surface area (Å²) >= 11 is 0. The van der Waals surface area contributed by atoms with Gasteiger partial charge in [0, 0.05) is 12.1 Å². The third-order valence-corrected chi connectivity index (χ3v) is 2.98. The zero-order valence-corrected chi connectivity index (χ0v) is 11.3. The van der Waals surface area contributed by atoms with E-state index in [-0.39, 0.29) is 11.7 Å². The summed E-state index contributed by atoms with van der Waals surface area (Å²) in [7, 11) is 0. The van der Waals surface area contributed by atoms with Crippen LogP contribution in [0.1, 0.15) is 5.56 Å². The average molecular weight is 288 g/mol. The molecule has 2 N–H and O–H groups in total. The molecule has 0 saturated heterocycles. The number of hydrogen-bond acceptors (Lipinski definition) is 6.